The van der Waals surface area contributed by atoms with Crippen LogP contribution in [0.5, 0.6) is 0 Å². The molecule has 2 saturated carbocycles. The molecule has 3 heteroatoms. The first kappa shape index (κ1) is 13.6. The maximum atomic E-state index is 12.2. The number of rotatable bonds is 3. The normalized spacial score (nSPS) is 34.1. The molecular formula is C17H24NO2+. The lowest BCUT2D eigenvalue weighted by Crippen LogP contribution is -2.42. The summed E-state index contributed by atoms with van der Waals surface area (Å²) < 4.78 is 7.69. The molecule has 20 heavy (non-hydrogen) atoms. The summed E-state index contributed by atoms with van der Waals surface area (Å²) in [6, 6.07) is 5.80. The molecule has 2 bridgehead atoms. The molecule has 0 aliphatic heterocycles. The van der Waals surface area contributed by atoms with Crippen molar-refractivity contribution in [3.05, 3.63) is 30.6 Å². The quantitative estimate of drug-likeness (QED) is 0.626. The number of ether oxygens (including phenoxy) is 1. The first-order valence-corrected chi connectivity index (χ1v) is 7.57. The van der Waals surface area contributed by atoms with Gasteiger partial charge in [0.1, 0.15) is 6.10 Å². The smallest absolute Gasteiger partial charge is 0.372 e. The van der Waals surface area contributed by atoms with Crippen molar-refractivity contribution in [2.75, 3.05) is 0 Å². The Morgan fingerprint density at radius 3 is 2.50 bits per heavy atom. The molecule has 1 heterocycles. The van der Waals surface area contributed by atoms with Gasteiger partial charge >= 0.3 is 5.97 Å². The van der Waals surface area contributed by atoms with Gasteiger partial charge in [0.05, 0.1) is 0 Å². The third kappa shape index (κ3) is 1.95. The van der Waals surface area contributed by atoms with Gasteiger partial charge < -0.3 is 4.74 Å². The average molecular weight is 274 g/mol. The van der Waals surface area contributed by atoms with Gasteiger partial charge in [-0.05, 0) is 30.6 Å². The number of carbonyl (C=O) groups excluding carboxylic acids is 1. The highest BCUT2D eigenvalue weighted by Gasteiger charge is 2.62. The Hall–Kier alpha value is -1.38. The molecule has 1 aromatic rings. The number of hydrogen-bond donors (Lipinski definition) is 0. The van der Waals surface area contributed by atoms with E-state index in [4.69, 9.17) is 4.74 Å². The molecule has 0 aromatic carbocycles. The van der Waals surface area contributed by atoms with Gasteiger partial charge in [0.15, 0.2) is 12.4 Å². The first-order valence-electron chi connectivity index (χ1n) is 7.57. The Balaban J connectivity index is 1.66. The Bertz CT molecular complexity index is 511. The van der Waals surface area contributed by atoms with E-state index >= 15 is 0 Å². The van der Waals surface area contributed by atoms with Crippen LogP contribution in [0.15, 0.2) is 30.6 Å². The molecule has 0 unspecified atom stereocenters. The van der Waals surface area contributed by atoms with E-state index in [9.17, 15) is 4.79 Å². The van der Waals surface area contributed by atoms with Gasteiger partial charge in [-0.2, -0.15) is 4.57 Å². The summed E-state index contributed by atoms with van der Waals surface area (Å²) in [5.41, 5.74) is 0.437. The molecule has 2 aliphatic rings. The second-order valence-corrected chi connectivity index (χ2v) is 7.14. The molecule has 0 N–H and O–H groups in total. The number of hydrogen-bond acceptors (Lipinski definition) is 2. The van der Waals surface area contributed by atoms with Gasteiger partial charge in [-0.25, -0.2) is 4.79 Å². The minimum absolute atomic E-state index is 0.0908. The highest BCUT2D eigenvalue weighted by Crippen LogP contribution is 2.66. The molecular weight excluding hydrogens is 250 g/mol. The van der Waals surface area contributed by atoms with Gasteiger partial charge in [-0.1, -0.05) is 26.8 Å². The molecule has 0 amide bonds. The van der Waals surface area contributed by atoms with E-state index in [-0.39, 0.29) is 22.9 Å². The Labute approximate surface area is 121 Å². The number of carbonyl (C=O) groups is 1. The molecule has 2 aliphatic carbocycles. The SMILES string of the molecule is CC1(C)[C@@H]2CC[C@]1(C)[C@@H](OC(=O)C[n+]1ccccc1)C2. The summed E-state index contributed by atoms with van der Waals surface area (Å²) in [4.78, 5) is 12.2. The van der Waals surface area contributed by atoms with Crippen molar-refractivity contribution in [3.63, 3.8) is 0 Å². The van der Waals surface area contributed by atoms with E-state index in [1.54, 1.807) is 0 Å². The van der Waals surface area contributed by atoms with Gasteiger partial charge in [0.25, 0.3) is 0 Å². The molecule has 0 radical (unpaired) electrons. The van der Waals surface area contributed by atoms with Gasteiger partial charge in [-0.15, -0.1) is 0 Å². The molecule has 3 rings (SSSR count). The van der Waals surface area contributed by atoms with Crippen LogP contribution in [0.25, 0.3) is 0 Å². The third-order valence-corrected chi connectivity index (χ3v) is 6.08. The Kier molecular flexibility index (Phi) is 3.11. The summed E-state index contributed by atoms with van der Waals surface area (Å²) in [5, 5.41) is 0. The summed E-state index contributed by atoms with van der Waals surface area (Å²) >= 11 is 0. The van der Waals surface area contributed by atoms with Gasteiger partial charge in [-0.3, -0.25) is 0 Å². The van der Waals surface area contributed by atoms with Crippen molar-refractivity contribution in [1.29, 1.82) is 0 Å². The zero-order chi connectivity index (χ0) is 14.4. The predicted octanol–water partition coefficient (Wildman–Crippen LogP) is 2.73. The molecule has 1 aromatic heterocycles. The Morgan fingerprint density at radius 1 is 1.25 bits per heavy atom. The summed E-state index contributed by atoms with van der Waals surface area (Å²) in [7, 11) is 0. The van der Waals surface area contributed by atoms with E-state index in [0.717, 1.165) is 6.42 Å². The predicted molar refractivity (Wildman–Crippen MR) is 75.7 cm³/mol. The van der Waals surface area contributed by atoms with E-state index in [1.165, 1.54) is 12.8 Å². The van der Waals surface area contributed by atoms with Crippen LogP contribution in [0.3, 0.4) is 0 Å². The molecule has 0 saturated heterocycles. The minimum atomic E-state index is -0.115. The van der Waals surface area contributed by atoms with E-state index in [1.807, 2.05) is 35.2 Å². The van der Waals surface area contributed by atoms with Crippen molar-refractivity contribution >= 4 is 5.97 Å². The topological polar surface area (TPSA) is 30.2 Å². The fourth-order valence-electron chi connectivity index (χ4n) is 4.19. The van der Waals surface area contributed by atoms with Crippen LogP contribution < -0.4 is 4.57 Å². The second kappa shape index (κ2) is 4.57. The zero-order valence-electron chi connectivity index (χ0n) is 12.6. The minimum Gasteiger partial charge on any atom is -0.457 e. The van der Waals surface area contributed by atoms with Crippen LogP contribution in [-0.2, 0) is 16.1 Å². The number of aromatic nitrogens is 1. The lowest BCUT2D eigenvalue weighted by molar-refractivity contribution is -0.686. The van der Waals surface area contributed by atoms with Crippen molar-refractivity contribution < 1.29 is 14.1 Å². The van der Waals surface area contributed by atoms with Crippen molar-refractivity contribution in [2.45, 2.75) is 52.7 Å². The maximum Gasteiger partial charge on any atom is 0.372 e. The number of pyridine rings is 1. The summed E-state index contributed by atoms with van der Waals surface area (Å²) in [5.74, 6) is 0.588. The van der Waals surface area contributed by atoms with Crippen LogP contribution in [0.4, 0.5) is 0 Å². The number of esters is 1. The lowest BCUT2D eigenvalue weighted by Gasteiger charge is -2.38. The summed E-state index contributed by atoms with van der Waals surface area (Å²) in [6.45, 7) is 7.28. The van der Waals surface area contributed by atoms with E-state index < -0.39 is 0 Å². The molecule has 2 fully saturated rings. The number of nitrogens with zero attached hydrogens (tertiary/aromatic N) is 1. The molecule has 0 spiro atoms. The van der Waals surface area contributed by atoms with Crippen LogP contribution in [0.2, 0.25) is 0 Å². The zero-order valence-corrected chi connectivity index (χ0v) is 12.6. The van der Waals surface area contributed by atoms with Crippen LogP contribution in [0, 0.1) is 16.7 Å². The van der Waals surface area contributed by atoms with Gasteiger partial charge in [0, 0.05) is 17.5 Å². The highest BCUT2D eigenvalue weighted by molar-refractivity contribution is 5.68. The number of fused-ring (bicyclic) bond motifs is 2. The van der Waals surface area contributed by atoms with Crippen molar-refractivity contribution in [3.8, 4) is 0 Å². The second-order valence-electron chi connectivity index (χ2n) is 7.14. The first-order chi connectivity index (χ1) is 9.43. The van der Waals surface area contributed by atoms with Crippen LogP contribution in [-0.4, -0.2) is 12.1 Å². The fraction of sp³-hybridized carbons (Fsp3) is 0.647. The van der Waals surface area contributed by atoms with Crippen LogP contribution >= 0.6 is 0 Å². The largest absolute Gasteiger partial charge is 0.457 e. The van der Waals surface area contributed by atoms with Crippen LogP contribution in [0.1, 0.15) is 40.0 Å². The molecule has 108 valence electrons. The summed E-state index contributed by atoms with van der Waals surface area (Å²) in [6.07, 6.45) is 7.38. The Morgan fingerprint density at radius 2 is 1.95 bits per heavy atom. The third-order valence-electron chi connectivity index (χ3n) is 6.08. The highest BCUT2D eigenvalue weighted by atomic mass is 16.5. The standard InChI is InChI=1S/C17H24NO2/c1-16(2)13-7-8-17(16,3)14(11-13)20-15(19)12-18-9-5-4-6-10-18/h4-6,9-10,13-14H,7-8,11-12H2,1-3H3/q+1/t13-,14+,17-/m1/s1. The molecule has 3 nitrogen and oxygen atoms in total. The van der Waals surface area contributed by atoms with Crippen molar-refractivity contribution in [2.24, 2.45) is 16.7 Å². The monoisotopic (exact) mass is 274 g/mol. The fourth-order valence-corrected chi connectivity index (χ4v) is 4.19. The van der Waals surface area contributed by atoms with E-state index in [0.29, 0.717) is 12.5 Å². The lowest BCUT2D eigenvalue weighted by atomic mass is 9.70. The van der Waals surface area contributed by atoms with E-state index in [2.05, 4.69) is 20.8 Å². The van der Waals surface area contributed by atoms with Crippen molar-refractivity contribution in [1.82, 2.24) is 0 Å². The average Bonchev–Trinajstić information content (AvgIpc) is 2.73. The van der Waals surface area contributed by atoms with Gasteiger partial charge in [0.2, 0.25) is 6.54 Å². The maximum absolute atomic E-state index is 12.2. The molecule has 3 atom stereocenters.